The molecule has 0 fully saturated rings. The first-order chi connectivity index (χ1) is 8.02. The molecule has 0 saturated heterocycles. The molecule has 0 amide bonds. The van der Waals surface area contributed by atoms with E-state index in [1.54, 1.807) is 6.07 Å². The van der Waals surface area contributed by atoms with Crippen LogP contribution in [0.15, 0.2) is 27.8 Å². The summed E-state index contributed by atoms with van der Waals surface area (Å²) in [5.74, 6) is -0.0996. The van der Waals surface area contributed by atoms with Crippen molar-refractivity contribution in [1.82, 2.24) is 5.32 Å². The van der Waals surface area contributed by atoms with Gasteiger partial charge in [0.1, 0.15) is 11.7 Å². The van der Waals surface area contributed by atoms with Crippen LogP contribution in [0.25, 0.3) is 0 Å². The highest BCUT2D eigenvalue weighted by molar-refractivity contribution is 9.10. The highest BCUT2D eigenvalue weighted by Crippen LogP contribution is 2.17. The SMILES string of the molecule is CC(CC(N)=NO)NCc1cc(F)ccc1Br. The lowest BCUT2D eigenvalue weighted by atomic mass is 10.2. The molecule has 0 spiro atoms. The van der Waals surface area contributed by atoms with E-state index < -0.39 is 0 Å². The first-order valence-corrected chi connectivity index (χ1v) is 5.96. The highest BCUT2D eigenvalue weighted by Gasteiger charge is 2.07. The van der Waals surface area contributed by atoms with Crippen molar-refractivity contribution in [2.24, 2.45) is 10.9 Å². The second-order valence-corrected chi connectivity index (χ2v) is 4.67. The molecule has 4 nitrogen and oxygen atoms in total. The van der Waals surface area contributed by atoms with Crippen LogP contribution in [0.5, 0.6) is 0 Å². The summed E-state index contributed by atoms with van der Waals surface area (Å²) >= 11 is 3.35. The third-order valence-corrected chi connectivity index (χ3v) is 3.07. The molecule has 1 unspecified atom stereocenters. The Labute approximate surface area is 108 Å². The molecule has 0 aliphatic carbocycles. The molecule has 17 heavy (non-hydrogen) atoms. The first kappa shape index (κ1) is 13.9. The number of oxime groups is 1. The fraction of sp³-hybridized carbons (Fsp3) is 0.364. The Hall–Kier alpha value is -1.14. The van der Waals surface area contributed by atoms with Gasteiger partial charge in [-0.2, -0.15) is 0 Å². The fourth-order valence-electron chi connectivity index (χ4n) is 1.39. The van der Waals surface area contributed by atoms with Crippen molar-refractivity contribution in [2.75, 3.05) is 0 Å². The summed E-state index contributed by atoms with van der Waals surface area (Å²) in [4.78, 5) is 0. The van der Waals surface area contributed by atoms with Crippen LogP contribution in [0, 0.1) is 5.82 Å². The molecule has 0 radical (unpaired) electrons. The van der Waals surface area contributed by atoms with E-state index >= 15 is 0 Å². The van der Waals surface area contributed by atoms with Gasteiger partial charge in [-0.25, -0.2) is 4.39 Å². The Morgan fingerprint density at radius 3 is 3.00 bits per heavy atom. The van der Waals surface area contributed by atoms with Gasteiger partial charge >= 0.3 is 0 Å². The number of benzene rings is 1. The Morgan fingerprint density at radius 1 is 1.65 bits per heavy atom. The first-order valence-electron chi connectivity index (χ1n) is 5.16. The average Bonchev–Trinajstić information content (AvgIpc) is 2.30. The molecule has 0 aliphatic rings. The molecule has 0 saturated carbocycles. The fourth-order valence-corrected chi connectivity index (χ4v) is 1.78. The quantitative estimate of drug-likeness (QED) is 0.338. The van der Waals surface area contributed by atoms with Crippen molar-refractivity contribution in [2.45, 2.75) is 25.9 Å². The van der Waals surface area contributed by atoms with Gasteiger partial charge in [-0.3, -0.25) is 0 Å². The number of amidine groups is 1. The average molecular weight is 304 g/mol. The minimum atomic E-state index is -0.269. The molecule has 1 aromatic rings. The summed E-state index contributed by atoms with van der Waals surface area (Å²) in [6, 6.07) is 4.57. The van der Waals surface area contributed by atoms with Gasteiger partial charge in [-0.05, 0) is 30.7 Å². The second-order valence-electron chi connectivity index (χ2n) is 3.81. The number of nitrogens with one attached hydrogen (secondary N) is 1. The van der Waals surface area contributed by atoms with E-state index in [0.29, 0.717) is 13.0 Å². The van der Waals surface area contributed by atoms with Crippen molar-refractivity contribution in [3.8, 4) is 0 Å². The minimum Gasteiger partial charge on any atom is -0.409 e. The summed E-state index contributed by atoms with van der Waals surface area (Å²) in [6.45, 7) is 2.42. The van der Waals surface area contributed by atoms with Gasteiger partial charge < -0.3 is 16.3 Å². The van der Waals surface area contributed by atoms with Crippen LogP contribution in [-0.4, -0.2) is 17.1 Å². The molecule has 94 valence electrons. The van der Waals surface area contributed by atoms with E-state index in [2.05, 4.69) is 26.4 Å². The largest absolute Gasteiger partial charge is 0.409 e. The summed E-state index contributed by atoms with van der Waals surface area (Å²) in [5, 5.41) is 14.5. The Kier molecular flexibility index (Phi) is 5.37. The lowest BCUT2D eigenvalue weighted by Crippen LogP contribution is -2.30. The maximum Gasteiger partial charge on any atom is 0.140 e. The number of rotatable bonds is 5. The van der Waals surface area contributed by atoms with E-state index in [0.717, 1.165) is 10.0 Å². The molecule has 1 atom stereocenters. The monoisotopic (exact) mass is 303 g/mol. The zero-order chi connectivity index (χ0) is 12.8. The van der Waals surface area contributed by atoms with Crippen molar-refractivity contribution < 1.29 is 9.60 Å². The van der Waals surface area contributed by atoms with Crippen LogP contribution in [-0.2, 0) is 6.54 Å². The third-order valence-electron chi connectivity index (χ3n) is 2.29. The third kappa shape index (κ3) is 4.70. The lowest BCUT2D eigenvalue weighted by molar-refractivity contribution is 0.316. The van der Waals surface area contributed by atoms with E-state index in [1.165, 1.54) is 12.1 Å². The van der Waals surface area contributed by atoms with Crippen molar-refractivity contribution in [1.29, 1.82) is 0 Å². The smallest absolute Gasteiger partial charge is 0.140 e. The summed E-state index contributed by atoms with van der Waals surface area (Å²) < 4.78 is 13.9. The molecule has 1 aromatic carbocycles. The summed E-state index contributed by atoms with van der Waals surface area (Å²) in [7, 11) is 0. The molecule has 1 rings (SSSR count). The van der Waals surface area contributed by atoms with Crippen LogP contribution in [0.2, 0.25) is 0 Å². The number of halogens is 2. The van der Waals surface area contributed by atoms with Gasteiger partial charge in [0.2, 0.25) is 0 Å². The van der Waals surface area contributed by atoms with Gasteiger partial charge in [0.25, 0.3) is 0 Å². The van der Waals surface area contributed by atoms with Crippen LogP contribution in [0.1, 0.15) is 18.9 Å². The van der Waals surface area contributed by atoms with Gasteiger partial charge in [-0.15, -0.1) is 0 Å². The molecule has 0 aromatic heterocycles. The predicted molar refractivity (Wildman–Crippen MR) is 68.4 cm³/mol. The number of nitrogens with zero attached hydrogens (tertiary/aromatic N) is 1. The Balaban J connectivity index is 2.52. The van der Waals surface area contributed by atoms with Crippen LogP contribution in [0.4, 0.5) is 4.39 Å². The van der Waals surface area contributed by atoms with Gasteiger partial charge in [0.05, 0.1) is 0 Å². The van der Waals surface area contributed by atoms with E-state index in [-0.39, 0.29) is 17.7 Å². The maximum atomic E-state index is 13.0. The molecule has 0 bridgehead atoms. The Morgan fingerprint density at radius 2 is 2.35 bits per heavy atom. The Bertz CT molecular complexity index is 412. The van der Waals surface area contributed by atoms with Crippen LogP contribution < -0.4 is 11.1 Å². The molecule has 0 heterocycles. The maximum absolute atomic E-state index is 13.0. The molecule has 6 heteroatoms. The zero-order valence-electron chi connectivity index (χ0n) is 9.45. The standard InChI is InChI=1S/C11H15BrFN3O/c1-7(4-11(14)16-17)15-6-8-5-9(13)2-3-10(8)12/h2-3,5,7,15,17H,4,6H2,1H3,(H2,14,16). The predicted octanol–water partition coefficient (Wildman–Crippen LogP) is 2.20. The van der Waals surface area contributed by atoms with Gasteiger partial charge in [0.15, 0.2) is 0 Å². The van der Waals surface area contributed by atoms with Crippen molar-refractivity contribution in [3.05, 3.63) is 34.1 Å². The topological polar surface area (TPSA) is 70.6 Å². The molecular formula is C11H15BrFN3O. The number of nitrogens with two attached hydrogens (primary N) is 1. The highest BCUT2D eigenvalue weighted by atomic mass is 79.9. The normalized spacial score (nSPS) is 13.7. The van der Waals surface area contributed by atoms with E-state index in [4.69, 9.17) is 10.9 Å². The molecule has 0 aliphatic heterocycles. The molecule has 4 N–H and O–H groups in total. The van der Waals surface area contributed by atoms with Crippen molar-refractivity contribution >= 4 is 21.8 Å². The van der Waals surface area contributed by atoms with E-state index in [9.17, 15) is 4.39 Å². The van der Waals surface area contributed by atoms with Gasteiger partial charge in [-0.1, -0.05) is 21.1 Å². The zero-order valence-corrected chi connectivity index (χ0v) is 11.0. The van der Waals surface area contributed by atoms with Gasteiger partial charge in [0, 0.05) is 23.5 Å². The summed E-state index contributed by atoms with van der Waals surface area (Å²) in [5.41, 5.74) is 6.22. The van der Waals surface area contributed by atoms with Crippen LogP contribution in [0.3, 0.4) is 0 Å². The van der Waals surface area contributed by atoms with E-state index in [1.807, 2.05) is 6.92 Å². The summed E-state index contributed by atoms with van der Waals surface area (Å²) in [6.07, 6.45) is 0.434. The van der Waals surface area contributed by atoms with Crippen LogP contribution >= 0.6 is 15.9 Å². The minimum absolute atomic E-state index is 0.0427. The second kappa shape index (κ2) is 6.56. The lowest BCUT2D eigenvalue weighted by Gasteiger charge is -2.13. The number of hydrogen-bond acceptors (Lipinski definition) is 3. The van der Waals surface area contributed by atoms with Crippen molar-refractivity contribution in [3.63, 3.8) is 0 Å². The molecular weight excluding hydrogens is 289 g/mol. The number of hydrogen-bond donors (Lipinski definition) is 3.